The number of methoxy groups -OCH3 is 1. The molecule has 0 saturated carbocycles. The van der Waals surface area contributed by atoms with Gasteiger partial charge in [0.2, 0.25) is 0 Å². The van der Waals surface area contributed by atoms with E-state index < -0.39 is 0 Å². The average molecular weight is 348 g/mol. The molecular weight excluding hydrogens is 316 g/mol. The van der Waals surface area contributed by atoms with Gasteiger partial charge in [-0.05, 0) is 43.9 Å². The molecule has 6 heteroatoms. The van der Waals surface area contributed by atoms with Crippen molar-refractivity contribution in [2.45, 2.75) is 32.7 Å². The van der Waals surface area contributed by atoms with E-state index in [2.05, 4.69) is 22.5 Å². The van der Waals surface area contributed by atoms with Crippen LogP contribution in [0.25, 0.3) is 0 Å². The zero-order valence-electron chi connectivity index (χ0n) is 16.0. The maximum absolute atomic E-state index is 11.9. The number of carbonyl (C=O) groups is 1. The van der Waals surface area contributed by atoms with Crippen molar-refractivity contribution in [2.75, 3.05) is 40.9 Å². The van der Waals surface area contributed by atoms with Crippen LogP contribution in [0.2, 0.25) is 0 Å². The van der Waals surface area contributed by atoms with E-state index in [4.69, 9.17) is 4.74 Å². The van der Waals surface area contributed by atoms with Crippen LogP contribution in [0.15, 0.2) is 29.3 Å². The molecular formula is C19H32N4O2. The van der Waals surface area contributed by atoms with Crippen LogP contribution in [0.1, 0.15) is 42.1 Å². The second-order valence-corrected chi connectivity index (χ2v) is 6.07. The molecule has 2 N–H and O–H groups in total. The lowest BCUT2D eigenvalue weighted by Gasteiger charge is -2.12. The lowest BCUT2D eigenvalue weighted by Crippen LogP contribution is -2.37. The monoisotopic (exact) mass is 348 g/mol. The summed E-state index contributed by atoms with van der Waals surface area (Å²) in [5, 5.41) is 6.60. The molecule has 0 atom stereocenters. The van der Waals surface area contributed by atoms with Gasteiger partial charge in [-0.15, -0.1) is 0 Å². The minimum absolute atomic E-state index is 0.0125. The summed E-state index contributed by atoms with van der Waals surface area (Å²) in [6, 6.07) is 7.61. The van der Waals surface area contributed by atoms with Crippen LogP contribution in [0.3, 0.4) is 0 Å². The SMILES string of the molecule is CCNC(=NCc1ccc(C(=O)N(C)C)cc1)NCCCCCOC. The van der Waals surface area contributed by atoms with Gasteiger partial charge in [-0.3, -0.25) is 4.79 Å². The highest BCUT2D eigenvalue weighted by atomic mass is 16.5. The fourth-order valence-electron chi connectivity index (χ4n) is 2.28. The Kier molecular flexibility index (Phi) is 10.3. The largest absolute Gasteiger partial charge is 0.385 e. The standard InChI is InChI=1S/C19H32N4O2/c1-5-20-19(21-13-7-6-8-14-25-4)22-15-16-9-11-17(12-10-16)18(24)23(2)3/h9-12H,5-8,13-15H2,1-4H3,(H2,20,21,22). The number of nitrogens with zero attached hydrogens (tertiary/aromatic N) is 2. The molecule has 0 heterocycles. The van der Waals surface area contributed by atoms with Crippen LogP contribution in [0.5, 0.6) is 0 Å². The summed E-state index contributed by atoms with van der Waals surface area (Å²) in [5.74, 6) is 0.834. The number of unbranched alkanes of at least 4 members (excludes halogenated alkanes) is 2. The van der Waals surface area contributed by atoms with E-state index in [1.165, 1.54) is 0 Å². The van der Waals surface area contributed by atoms with Gasteiger partial charge in [-0.1, -0.05) is 12.1 Å². The number of hydrogen-bond acceptors (Lipinski definition) is 3. The van der Waals surface area contributed by atoms with E-state index in [1.807, 2.05) is 24.3 Å². The van der Waals surface area contributed by atoms with E-state index in [1.54, 1.807) is 26.1 Å². The van der Waals surface area contributed by atoms with Crippen molar-refractivity contribution in [3.63, 3.8) is 0 Å². The van der Waals surface area contributed by atoms with Gasteiger partial charge in [0.05, 0.1) is 6.54 Å². The lowest BCUT2D eigenvalue weighted by atomic mass is 10.1. The lowest BCUT2D eigenvalue weighted by molar-refractivity contribution is 0.0827. The molecule has 1 rings (SSSR count). The Morgan fingerprint density at radius 3 is 2.44 bits per heavy atom. The van der Waals surface area contributed by atoms with Crippen molar-refractivity contribution in [2.24, 2.45) is 4.99 Å². The van der Waals surface area contributed by atoms with Gasteiger partial charge in [-0.25, -0.2) is 4.99 Å². The number of nitrogens with one attached hydrogen (secondary N) is 2. The molecule has 0 radical (unpaired) electrons. The zero-order chi connectivity index (χ0) is 18.5. The number of guanidine groups is 1. The third-order valence-electron chi connectivity index (χ3n) is 3.69. The Labute approximate surface area is 151 Å². The fourth-order valence-corrected chi connectivity index (χ4v) is 2.28. The highest BCUT2D eigenvalue weighted by Gasteiger charge is 2.07. The molecule has 0 aromatic heterocycles. The Morgan fingerprint density at radius 1 is 1.12 bits per heavy atom. The molecule has 0 fully saturated rings. The van der Waals surface area contributed by atoms with Crippen molar-refractivity contribution in [3.05, 3.63) is 35.4 Å². The van der Waals surface area contributed by atoms with Gasteiger partial charge in [0.15, 0.2) is 5.96 Å². The van der Waals surface area contributed by atoms with E-state index in [0.29, 0.717) is 12.1 Å². The Morgan fingerprint density at radius 2 is 1.84 bits per heavy atom. The molecule has 6 nitrogen and oxygen atoms in total. The van der Waals surface area contributed by atoms with E-state index in [-0.39, 0.29) is 5.91 Å². The van der Waals surface area contributed by atoms with Crippen LogP contribution in [0.4, 0.5) is 0 Å². The molecule has 0 spiro atoms. The zero-order valence-corrected chi connectivity index (χ0v) is 16.0. The number of benzene rings is 1. The first-order valence-corrected chi connectivity index (χ1v) is 8.90. The summed E-state index contributed by atoms with van der Waals surface area (Å²) in [7, 11) is 5.24. The molecule has 0 unspecified atom stereocenters. The second-order valence-electron chi connectivity index (χ2n) is 6.07. The second kappa shape index (κ2) is 12.3. The molecule has 1 amide bonds. The van der Waals surface area contributed by atoms with Gasteiger partial charge < -0.3 is 20.3 Å². The summed E-state index contributed by atoms with van der Waals surface area (Å²) >= 11 is 0. The summed E-state index contributed by atoms with van der Waals surface area (Å²) in [4.78, 5) is 18.1. The Balaban J connectivity index is 2.49. The van der Waals surface area contributed by atoms with E-state index in [9.17, 15) is 4.79 Å². The van der Waals surface area contributed by atoms with E-state index >= 15 is 0 Å². The van der Waals surface area contributed by atoms with Gasteiger partial charge in [0.1, 0.15) is 0 Å². The number of rotatable bonds is 10. The molecule has 25 heavy (non-hydrogen) atoms. The summed E-state index contributed by atoms with van der Waals surface area (Å²) in [6.45, 7) is 5.17. The molecule has 0 aliphatic heterocycles. The number of amides is 1. The fraction of sp³-hybridized carbons (Fsp3) is 0.579. The average Bonchev–Trinajstić information content (AvgIpc) is 2.62. The Bertz CT molecular complexity index is 527. The minimum Gasteiger partial charge on any atom is -0.385 e. The first-order chi connectivity index (χ1) is 12.1. The van der Waals surface area contributed by atoms with Gasteiger partial charge in [0, 0.05) is 46.5 Å². The summed E-state index contributed by atoms with van der Waals surface area (Å²) in [5.41, 5.74) is 1.77. The van der Waals surface area contributed by atoms with Crippen molar-refractivity contribution < 1.29 is 9.53 Å². The predicted molar refractivity (Wildman–Crippen MR) is 103 cm³/mol. The van der Waals surface area contributed by atoms with Gasteiger partial charge in [0.25, 0.3) is 5.91 Å². The topological polar surface area (TPSA) is 66.0 Å². The first kappa shape index (κ1) is 21.0. The molecule has 1 aromatic carbocycles. The summed E-state index contributed by atoms with van der Waals surface area (Å²) in [6.07, 6.45) is 3.32. The highest BCUT2D eigenvalue weighted by Crippen LogP contribution is 2.07. The molecule has 0 aliphatic rings. The van der Waals surface area contributed by atoms with Crippen LogP contribution in [-0.4, -0.2) is 57.7 Å². The maximum Gasteiger partial charge on any atom is 0.253 e. The number of carbonyl (C=O) groups excluding carboxylic acids is 1. The van der Waals surface area contributed by atoms with Crippen molar-refractivity contribution in [3.8, 4) is 0 Å². The molecule has 0 saturated heterocycles. The number of aliphatic imine (C=N–C) groups is 1. The van der Waals surface area contributed by atoms with Crippen LogP contribution in [0, 0.1) is 0 Å². The smallest absolute Gasteiger partial charge is 0.253 e. The number of hydrogen-bond donors (Lipinski definition) is 2. The van der Waals surface area contributed by atoms with Gasteiger partial charge >= 0.3 is 0 Å². The van der Waals surface area contributed by atoms with Crippen molar-refractivity contribution in [1.82, 2.24) is 15.5 Å². The van der Waals surface area contributed by atoms with Crippen LogP contribution >= 0.6 is 0 Å². The van der Waals surface area contributed by atoms with Gasteiger partial charge in [-0.2, -0.15) is 0 Å². The molecule has 140 valence electrons. The quantitative estimate of drug-likeness (QED) is 0.387. The maximum atomic E-state index is 11.9. The van der Waals surface area contributed by atoms with Crippen molar-refractivity contribution in [1.29, 1.82) is 0 Å². The third-order valence-corrected chi connectivity index (χ3v) is 3.69. The molecule has 0 aliphatic carbocycles. The first-order valence-electron chi connectivity index (χ1n) is 8.90. The molecule has 1 aromatic rings. The minimum atomic E-state index is 0.0125. The Hall–Kier alpha value is -2.08. The predicted octanol–water partition coefficient (Wildman–Crippen LogP) is 2.26. The summed E-state index contributed by atoms with van der Waals surface area (Å²) < 4.78 is 5.05. The third kappa shape index (κ3) is 8.54. The number of ether oxygens (including phenoxy) is 1. The van der Waals surface area contributed by atoms with Crippen molar-refractivity contribution >= 4 is 11.9 Å². The molecule has 0 bridgehead atoms. The highest BCUT2D eigenvalue weighted by molar-refractivity contribution is 5.93. The normalized spacial score (nSPS) is 11.3. The van der Waals surface area contributed by atoms with Crippen LogP contribution in [-0.2, 0) is 11.3 Å². The van der Waals surface area contributed by atoms with Crippen LogP contribution < -0.4 is 10.6 Å². The van der Waals surface area contributed by atoms with E-state index in [0.717, 1.165) is 50.5 Å².